The third-order valence-corrected chi connectivity index (χ3v) is 7.19. The van der Waals surface area contributed by atoms with Crippen molar-refractivity contribution in [3.63, 3.8) is 0 Å². The molecule has 0 atom stereocenters. The Bertz CT molecular complexity index is 1180. The molecule has 3 rings (SSSR count). The lowest BCUT2D eigenvalue weighted by Gasteiger charge is -2.38. The van der Waals surface area contributed by atoms with Crippen molar-refractivity contribution in [3.8, 4) is 6.19 Å². The van der Waals surface area contributed by atoms with E-state index in [2.05, 4.69) is 46.6 Å². The second kappa shape index (κ2) is 12.7. The molecule has 1 aromatic carbocycles. The predicted molar refractivity (Wildman–Crippen MR) is 151 cm³/mol. The van der Waals surface area contributed by atoms with Crippen molar-refractivity contribution in [2.24, 2.45) is 16.3 Å². The largest absolute Gasteiger partial charge is 0.477 e. The summed E-state index contributed by atoms with van der Waals surface area (Å²) in [5, 5.41) is 37.4. The molecular formula is C28H39N7O4. The molecule has 1 fully saturated rings. The molecule has 11 nitrogen and oxygen atoms in total. The number of aliphatic carboxylic acids is 2. The van der Waals surface area contributed by atoms with Crippen molar-refractivity contribution in [2.45, 2.75) is 53.9 Å². The summed E-state index contributed by atoms with van der Waals surface area (Å²) in [6, 6.07) is 6.65. The van der Waals surface area contributed by atoms with Gasteiger partial charge >= 0.3 is 11.9 Å². The smallest absolute Gasteiger partial charge is 0.354 e. The van der Waals surface area contributed by atoms with E-state index in [0.717, 1.165) is 32.0 Å². The zero-order valence-corrected chi connectivity index (χ0v) is 23.3. The maximum absolute atomic E-state index is 12.1. The van der Waals surface area contributed by atoms with Gasteiger partial charge in [0.05, 0.1) is 0 Å². The number of nitrogens with one attached hydrogen (secondary N) is 3. The van der Waals surface area contributed by atoms with Crippen LogP contribution in [0, 0.1) is 22.8 Å². The molecule has 0 aliphatic carbocycles. The monoisotopic (exact) mass is 537 g/mol. The number of aliphatic imine (C=N–C) groups is 1. The van der Waals surface area contributed by atoms with Gasteiger partial charge in [-0.25, -0.2) is 9.59 Å². The number of carbonyl (C=O) groups is 2. The topological polar surface area (TPSA) is 153 Å². The first-order valence-electron chi connectivity index (χ1n) is 13.2. The number of piperidine rings is 1. The van der Waals surface area contributed by atoms with Crippen LogP contribution in [0.15, 0.2) is 52.0 Å². The van der Waals surface area contributed by atoms with Gasteiger partial charge in [-0.15, -0.1) is 0 Å². The van der Waals surface area contributed by atoms with E-state index in [9.17, 15) is 25.1 Å². The van der Waals surface area contributed by atoms with Crippen LogP contribution in [0.2, 0.25) is 0 Å². The zero-order valence-electron chi connectivity index (χ0n) is 23.3. The summed E-state index contributed by atoms with van der Waals surface area (Å²) in [7, 11) is 0. The molecule has 2 aliphatic heterocycles. The summed E-state index contributed by atoms with van der Waals surface area (Å²) < 4.78 is 0. The third kappa shape index (κ3) is 7.51. The van der Waals surface area contributed by atoms with Crippen molar-refractivity contribution in [3.05, 3.63) is 47.1 Å². The van der Waals surface area contributed by atoms with Crippen molar-refractivity contribution in [1.82, 2.24) is 15.5 Å². The quantitative estimate of drug-likeness (QED) is 0.109. The van der Waals surface area contributed by atoms with Crippen molar-refractivity contribution >= 4 is 29.3 Å². The fraction of sp³-hybridized carbons (Fsp3) is 0.500. The van der Waals surface area contributed by atoms with Gasteiger partial charge in [0.15, 0.2) is 17.6 Å². The first-order chi connectivity index (χ1) is 18.4. The number of hydrogen-bond acceptors (Lipinski definition) is 7. The highest BCUT2D eigenvalue weighted by Gasteiger charge is 2.34. The molecule has 1 aromatic rings. The van der Waals surface area contributed by atoms with Gasteiger partial charge in [0, 0.05) is 29.3 Å². The SMILES string of the molecule is CC1=C(C(=O)O)N(c2cccc(NC(=NCCCN3CCC(C(C)(C)C)CC3)NC#N)c2)C(C(=O)O)=C(C)N1. The van der Waals surface area contributed by atoms with Gasteiger partial charge in [-0.1, -0.05) is 26.8 Å². The van der Waals surface area contributed by atoms with Crippen LogP contribution in [0.3, 0.4) is 0 Å². The average molecular weight is 538 g/mol. The lowest BCUT2D eigenvalue weighted by molar-refractivity contribution is -0.133. The number of nitriles is 1. The van der Waals surface area contributed by atoms with E-state index in [1.54, 1.807) is 38.1 Å². The Kier molecular flexibility index (Phi) is 9.59. The summed E-state index contributed by atoms with van der Waals surface area (Å²) in [4.78, 5) is 32.3. The molecule has 0 aromatic heterocycles. The number of carboxylic acid groups (broad SMARTS) is 2. The molecule has 2 heterocycles. The van der Waals surface area contributed by atoms with Gasteiger partial charge in [-0.05, 0) is 82.3 Å². The summed E-state index contributed by atoms with van der Waals surface area (Å²) in [6.07, 6.45) is 5.14. The lowest BCUT2D eigenvalue weighted by atomic mass is 9.75. The number of allylic oxidation sites excluding steroid dienone is 2. The minimum absolute atomic E-state index is 0.189. The average Bonchev–Trinajstić information content (AvgIpc) is 2.85. The minimum Gasteiger partial charge on any atom is -0.477 e. The van der Waals surface area contributed by atoms with Crippen LogP contribution in [0.5, 0.6) is 0 Å². The van der Waals surface area contributed by atoms with Crippen LogP contribution in [0.1, 0.15) is 53.9 Å². The predicted octanol–water partition coefficient (Wildman–Crippen LogP) is 3.72. The van der Waals surface area contributed by atoms with E-state index in [-0.39, 0.29) is 17.4 Å². The van der Waals surface area contributed by atoms with Gasteiger partial charge in [-0.2, -0.15) is 5.26 Å². The number of benzene rings is 1. The number of hydrogen-bond donors (Lipinski definition) is 5. The molecule has 1 saturated heterocycles. The lowest BCUT2D eigenvalue weighted by Crippen LogP contribution is -2.39. The normalized spacial score (nSPS) is 17.5. The van der Waals surface area contributed by atoms with E-state index in [1.165, 1.54) is 17.7 Å². The molecule has 0 saturated carbocycles. The molecular weight excluding hydrogens is 498 g/mol. The molecule has 5 N–H and O–H groups in total. The van der Waals surface area contributed by atoms with Gasteiger partial charge < -0.3 is 25.7 Å². The van der Waals surface area contributed by atoms with E-state index in [4.69, 9.17) is 0 Å². The highest BCUT2D eigenvalue weighted by molar-refractivity contribution is 6.02. The van der Waals surface area contributed by atoms with Crippen LogP contribution in [-0.4, -0.2) is 59.2 Å². The Balaban J connectivity index is 1.70. The van der Waals surface area contributed by atoms with Crippen LogP contribution in [0.25, 0.3) is 0 Å². The number of likely N-dealkylation sites (tertiary alicyclic amines) is 1. The number of rotatable bonds is 8. The van der Waals surface area contributed by atoms with Crippen molar-refractivity contribution in [2.75, 3.05) is 36.4 Å². The maximum Gasteiger partial charge on any atom is 0.354 e. The first-order valence-corrected chi connectivity index (χ1v) is 13.2. The second-order valence-electron chi connectivity index (χ2n) is 11.0. The molecule has 210 valence electrons. The van der Waals surface area contributed by atoms with Gasteiger partial charge in [0.2, 0.25) is 5.96 Å². The van der Waals surface area contributed by atoms with E-state index < -0.39 is 11.9 Å². The Morgan fingerprint density at radius 2 is 1.74 bits per heavy atom. The molecule has 0 unspecified atom stereocenters. The number of nitrogens with zero attached hydrogens (tertiary/aromatic N) is 4. The van der Waals surface area contributed by atoms with Crippen LogP contribution < -0.4 is 20.9 Å². The van der Waals surface area contributed by atoms with E-state index in [0.29, 0.717) is 34.7 Å². The highest BCUT2D eigenvalue weighted by atomic mass is 16.4. The molecule has 0 bridgehead atoms. The Hall–Kier alpha value is -4.04. The zero-order chi connectivity index (χ0) is 28.7. The molecule has 2 aliphatic rings. The maximum atomic E-state index is 12.1. The van der Waals surface area contributed by atoms with Gasteiger partial charge in [0.25, 0.3) is 0 Å². The Labute approximate surface area is 229 Å². The molecule has 11 heteroatoms. The number of guanidine groups is 1. The third-order valence-electron chi connectivity index (χ3n) is 7.19. The summed E-state index contributed by atoms with van der Waals surface area (Å²) in [5.41, 5.74) is 1.46. The summed E-state index contributed by atoms with van der Waals surface area (Å²) in [6.45, 7) is 13.7. The van der Waals surface area contributed by atoms with Crippen molar-refractivity contribution < 1.29 is 19.8 Å². The van der Waals surface area contributed by atoms with Crippen molar-refractivity contribution in [1.29, 1.82) is 5.26 Å². The number of anilines is 2. The van der Waals surface area contributed by atoms with Gasteiger partial charge in [-0.3, -0.25) is 15.2 Å². The minimum atomic E-state index is -1.26. The number of carboxylic acids is 2. The summed E-state index contributed by atoms with van der Waals surface area (Å²) >= 11 is 0. The molecule has 0 radical (unpaired) electrons. The van der Waals surface area contributed by atoms with Gasteiger partial charge in [0.1, 0.15) is 0 Å². The fourth-order valence-electron chi connectivity index (χ4n) is 5.15. The Morgan fingerprint density at radius 1 is 1.13 bits per heavy atom. The van der Waals surface area contributed by atoms with Crippen LogP contribution >= 0.6 is 0 Å². The standard InChI is InChI=1S/C28H39N7O4/c1-18-23(25(36)37)35(24(26(38)39)19(2)32-18)22-9-6-8-21(16-22)33-27(31-17-29)30-12-7-13-34-14-10-20(11-15-34)28(3,4)5/h6,8-9,16,20,32H,7,10-15H2,1-5H3,(H,36,37)(H,38,39)(H2,30,31,33). The Morgan fingerprint density at radius 3 is 2.28 bits per heavy atom. The molecule has 0 amide bonds. The molecule has 0 spiro atoms. The van der Waals surface area contributed by atoms with E-state index in [1.807, 2.05) is 6.19 Å². The highest BCUT2D eigenvalue weighted by Crippen LogP contribution is 2.34. The van der Waals surface area contributed by atoms with E-state index >= 15 is 0 Å². The second-order valence-corrected chi connectivity index (χ2v) is 11.0. The molecule has 39 heavy (non-hydrogen) atoms. The first kappa shape index (κ1) is 29.5. The van der Waals surface area contributed by atoms with Crippen LogP contribution in [-0.2, 0) is 9.59 Å². The van der Waals surface area contributed by atoms with Crippen LogP contribution in [0.4, 0.5) is 11.4 Å². The summed E-state index contributed by atoms with van der Waals surface area (Å²) in [5.74, 6) is -1.52. The fourth-order valence-corrected chi connectivity index (χ4v) is 5.15.